The second kappa shape index (κ2) is 10.1. The molecule has 0 fully saturated rings. The van der Waals surface area contributed by atoms with Crippen LogP contribution in [0.1, 0.15) is 52.2 Å². The Labute approximate surface area is 173 Å². The molecule has 0 aliphatic carbocycles. The third-order valence-electron chi connectivity index (χ3n) is 4.71. The topological polar surface area (TPSA) is 116 Å². The standard InChI is InChI=1S/C21H35N3O5/c1-20(2,13-21(3,4)14-23(5)6)11-18(26)22-17(12-25)19(27)15-7-9-16(10-8-15)24(28)29/h7-10,17,19,25,27H,11-14H2,1-6H3,(H,22,26)/t17-,19-/m1/s1. The highest BCUT2D eigenvalue weighted by Crippen LogP contribution is 2.36. The minimum atomic E-state index is -1.17. The van der Waals surface area contributed by atoms with Crippen molar-refractivity contribution in [3.05, 3.63) is 39.9 Å². The Morgan fingerprint density at radius 3 is 2.17 bits per heavy atom. The molecule has 0 aliphatic heterocycles. The highest BCUT2D eigenvalue weighted by Gasteiger charge is 2.32. The Balaban J connectivity index is 2.75. The molecule has 1 aromatic carbocycles. The summed E-state index contributed by atoms with van der Waals surface area (Å²) in [7, 11) is 4.04. The van der Waals surface area contributed by atoms with E-state index in [9.17, 15) is 25.1 Å². The maximum atomic E-state index is 12.6. The molecule has 3 N–H and O–H groups in total. The first kappa shape index (κ1) is 25.0. The summed E-state index contributed by atoms with van der Waals surface area (Å²) in [5, 5.41) is 33.6. The van der Waals surface area contributed by atoms with Gasteiger partial charge in [-0.1, -0.05) is 27.7 Å². The van der Waals surface area contributed by atoms with Crippen LogP contribution in [0.4, 0.5) is 5.69 Å². The lowest BCUT2D eigenvalue weighted by molar-refractivity contribution is -0.384. The van der Waals surface area contributed by atoms with Crippen molar-refractivity contribution in [1.29, 1.82) is 0 Å². The number of carbonyl (C=O) groups excluding carboxylic acids is 1. The molecular weight excluding hydrogens is 374 g/mol. The number of nitrogens with one attached hydrogen (secondary N) is 1. The van der Waals surface area contributed by atoms with Gasteiger partial charge in [0.05, 0.1) is 17.6 Å². The predicted molar refractivity (Wildman–Crippen MR) is 112 cm³/mol. The lowest BCUT2D eigenvalue weighted by atomic mass is 9.73. The Morgan fingerprint density at radius 2 is 1.72 bits per heavy atom. The molecule has 8 heteroatoms. The van der Waals surface area contributed by atoms with E-state index in [0.29, 0.717) is 5.56 Å². The number of aliphatic hydroxyl groups excluding tert-OH is 2. The van der Waals surface area contributed by atoms with Gasteiger partial charge in [0, 0.05) is 25.1 Å². The average Bonchev–Trinajstić information content (AvgIpc) is 2.56. The number of benzene rings is 1. The molecule has 0 spiro atoms. The fourth-order valence-corrected chi connectivity index (χ4v) is 4.21. The van der Waals surface area contributed by atoms with Crippen LogP contribution in [0.5, 0.6) is 0 Å². The average molecular weight is 410 g/mol. The van der Waals surface area contributed by atoms with Crippen LogP contribution in [-0.4, -0.2) is 59.2 Å². The molecule has 0 unspecified atom stereocenters. The first-order valence-corrected chi connectivity index (χ1v) is 9.74. The van der Waals surface area contributed by atoms with Gasteiger partial charge >= 0.3 is 0 Å². The summed E-state index contributed by atoms with van der Waals surface area (Å²) in [5.41, 5.74) is 0.0677. The molecule has 2 atom stereocenters. The lowest BCUT2D eigenvalue weighted by Gasteiger charge is -2.36. The van der Waals surface area contributed by atoms with Crippen LogP contribution in [0, 0.1) is 20.9 Å². The van der Waals surface area contributed by atoms with Gasteiger partial charge in [-0.2, -0.15) is 0 Å². The fraction of sp³-hybridized carbons (Fsp3) is 0.667. The number of aliphatic hydroxyl groups is 2. The maximum Gasteiger partial charge on any atom is 0.269 e. The number of nitrogens with zero attached hydrogens (tertiary/aromatic N) is 2. The largest absolute Gasteiger partial charge is 0.394 e. The van der Waals surface area contributed by atoms with Gasteiger partial charge in [-0.25, -0.2) is 0 Å². The smallest absolute Gasteiger partial charge is 0.269 e. The fourth-order valence-electron chi connectivity index (χ4n) is 4.21. The molecule has 29 heavy (non-hydrogen) atoms. The van der Waals surface area contributed by atoms with E-state index in [0.717, 1.165) is 13.0 Å². The molecule has 8 nitrogen and oxygen atoms in total. The molecule has 0 radical (unpaired) electrons. The number of hydrogen-bond acceptors (Lipinski definition) is 6. The number of rotatable bonds is 11. The highest BCUT2D eigenvalue weighted by molar-refractivity contribution is 5.77. The molecule has 164 valence electrons. The quantitative estimate of drug-likeness (QED) is 0.382. The molecule has 1 amide bonds. The summed E-state index contributed by atoms with van der Waals surface area (Å²) < 4.78 is 0. The van der Waals surface area contributed by atoms with Gasteiger partial charge in [0.25, 0.3) is 5.69 Å². The summed E-state index contributed by atoms with van der Waals surface area (Å²) in [6.07, 6.45) is -0.0776. The number of nitro benzene ring substituents is 1. The van der Waals surface area contributed by atoms with Crippen molar-refractivity contribution in [3.63, 3.8) is 0 Å². The summed E-state index contributed by atoms with van der Waals surface area (Å²) in [5.74, 6) is -0.254. The van der Waals surface area contributed by atoms with E-state index in [1.165, 1.54) is 24.3 Å². The Hall–Kier alpha value is -2.03. The molecule has 0 heterocycles. The van der Waals surface area contributed by atoms with Crippen LogP contribution < -0.4 is 5.32 Å². The van der Waals surface area contributed by atoms with E-state index in [-0.39, 0.29) is 28.8 Å². The minimum absolute atomic E-state index is 0.0297. The van der Waals surface area contributed by atoms with Crippen LogP contribution >= 0.6 is 0 Å². The number of amides is 1. The molecule has 0 aromatic heterocycles. The Bertz CT molecular complexity index is 686. The molecule has 0 aliphatic rings. The zero-order valence-corrected chi connectivity index (χ0v) is 18.3. The second-order valence-electron chi connectivity index (χ2n) is 9.57. The highest BCUT2D eigenvalue weighted by atomic mass is 16.6. The van der Waals surface area contributed by atoms with Crippen LogP contribution in [0.25, 0.3) is 0 Å². The monoisotopic (exact) mass is 409 g/mol. The van der Waals surface area contributed by atoms with Gasteiger partial charge in [0.2, 0.25) is 5.91 Å². The van der Waals surface area contributed by atoms with Crippen molar-refractivity contribution in [2.45, 2.75) is 52.7 Å². The van der Waals surface area contributed by atoms with Crippen molar-refractivity contribution in [2.24, 2.45) is 10.8 Å². The number of carbonyl (C=O) groups is 1. The van der Waals surface area contributed by atoms with Crippen molar-refractivity contribution >= 4 is 11.6 Å². The Morgan fingerprint density at radius 1 is 1.17 bits per heavy atom. The summed E-state index contributed by atoms with van der Waals surface area (Å²) in [6.45, 7) is 8.85. The first-order chi connectivity index (χ1) is 13.3. The Kier molecular flexibility index (Phi) is 8.74. The van der Waals surface area contributed by atoms with Gasteiger partial charge in [-0.05, 0) is 49.0 Å². The number of non-ortho nitro benzene ring substituents is 1. The van der Waals surface area contributed by atoms with E-state index >= 15 is 0 Å². The molecule has 1 rings (SSSR count). The normalized spacial score (nSPS) is 14.5. The van der Waals surface area contributed by atoms with Crippen molar-refractivity contribution in [1.82, 2.24) is 10.2 Å². The zero-order chi connectivity index (χ0) is 22.4. The van der Waals surface area contributed by atoms with Crippen molar-refractivity contribution < 1.29 is 19.9 Å². The SMILES string of the molecule is CN(C)CC(C)(C)CC(C)(C)CC(=O)N[C@H](CO)[C@H](O)c1ccc([N+](=O)[O-])cc1. The third kappa shape index (κ3) is 8.47. The van der Waals surface area contributed by atoms with E-state index in [2.05, 4.69) is 24.1 Å². The van der Waals surface area contributed by atoms with Gasteiger partial charge in [-0.15, -0.1) is 0 Å². The van der Waals surface area contributed by atoms with E-state index in [1.807, 2.05) is 27.9 Å². The van der Waals surface area contributed by atoms with Crippen LogP contribution in [-0.2, 0) is 4.79 Å². The van der Waals surface area contributed by atoms with Gasteiger partial charge in [-0.3, -0.25) is 14.9 Å². The molecule has 0 saturated heterocycles. The van der Waals surface area contributed by atoms with Crippen LogP contribution in [0.15, 0.2) is 24.3 Å². The molecular formula is C21H35N3O5. The molecule has 0 bridgehead atoms. The van der Waals surface area contributed by atoms with Crippen molar-refractivity contribution in [2.75, 3.05) is 27.2 Å². The number of hydrogen-bond donors (Lipinski definition) is 3. The van der Waals surface area contributed by atoms with E-state index < -0.39 is 23.7 Å². The lowest BCUT2D eigenvalue weighted by Crippen LogP contribution is -2.44. The minimum Gasteiger partial charge on any atom is -0.394 e. The van der Waals surface area contributed by atoms with Crippen molar-refractivity contribution in [3.8, 4) is 0 Å². The molecule has 1 aromatic rings. The first-order valence-electron chi connectivity index (χ1n) is 9.74. The summed E-state index contributed by atoms with van der Waals surface area (Å²) >= 11 is 0. The van der Waals surface area contributed by atoms with Gasteiger partial charge < -0.3 is 20.4 Å². The summed E-state index contributed by atoms with van der Waals surface area (Å²) in [6, 6.07) is 4.51. The van der Waals surface area contributed by atoms with Gasteiger partial charge in [0.1, 0.15) is 6.10 Å². The predicted octanol–water partition coefficient (Wildman–Crippen LogP) is 2.50. The van der Waals surface area contributed by atoms with Crippen LogP contribution in [0.3, 0.4) is 0 Å². The number of nitro groups is 1. The zero-order valence-electron chi connectivity index (χ0n) is 18.3. The third-order valence-corrected chi connectivity index (χ3v) is 4.71. The van der Waals surface area contributed by atoms with Crippen LogP contribution in [0.2, 0.25) is 0 Å². The summed E-state index contributed by atoms with van der Waals surface area (Å²) in [4.78, 5) is 24.9. The second-order valence-corrected chi connectivity index (χ2v) is 9.57. The molecule has 0 saturated carbocycles. The van der Waals surface area contributed by atoms with Gasteiger partial charge in [0.15, 0.2) is 0 Å². The van der Waals surface area contributed by atoms with E-state index in [4.69, 9.17) is 0 Å². The maximum absolute atomic E-state index is 12.6. The van der Waals surface area contributed by atoms with E-state index in [1.54, 1.807) is 0 Å².